The van der Waals surface area contributed by atoms with Crippen LogP contribution in [0.15, 0.2) is 102 Å². The van der Waals surface area contributed by atoms with E-state index in [0.29, 0.717) is 11.3 Å². The van der Waals surface area contributed by atoms with Crippen LogP contribution in [0.2, 0.25) is 0 Å². The van der Waals surface area contributed by atoms with Crippen LogP contribution in [0.5, 0.6) is 11.5 Å². The number of carbonyl (C=O) groups is 1. The number of hydrogen-bond acceptors (Lipinski definition) is 3. The third-order valence-corrected chi connectivity index (χ3v) is 5.34. The van der Waals surface area contributed by atoms with E-state index in [0.717, 1.165) is 16.4 Å². The van der Waals surface area contributed by atoms with Gasteiger partial charge in [-0.15, -0.1) is 11.8 Å². The van der Waals surface area contributed by atoms with Crippen LogP contribution in [0.1, 0.15) is 10.4 Å². The Bertz CT molecular complexity index is 1050. The summed E-state index contributed by atoms with van der Waals surface area (Å²) in [7, 11) is 0. The molecule has 0 saturated heterocycles. The first-order chi connectivity index (χ1) is 13.3. The minimum Gasteiger partial charge on any atom is -0.457 e. The lowest BCUT2D eigenvalue weighted by molar-refractivity contribution is 0.102. The van der Waals surface area contributed by atoms with E-state index < -0.39 is 0 Å². The molecule has 3 heteroatoms. The van der Waals surface area contributed by atoms with Crippen LogP contribution in [-0.2, 0) is 0 Å². The van der Waals surface area contributed by atoms with Crippen LogP contribution in [0.3, 0.4) is 0 Å². The predicted molar refractivity (Wildman–Crippen MR) is 112 cm³/mol. The van der Waals surface area contributed by atoms with Crippen molar-refractivity contribution in [3.05, 3.63) is 103 Å². The topological polar surface area (TPSA) is 26.3 Å². The van der Waals surface area contributed by atoms with E-state index >= 15 is 0 Å². The molecule has 0 bridgehead atoms. The van der Waals surface area contributed by atoms with Crippen LogP contribution in [0.4, 0.5) is 0 Å². The van der Waals surface area contributed by atoms with Gasteiger partial charge < -0.3 is 4.74 Å². The summed E-state index contributed by atoms with van der Waals surface area (Å²) >= 11 is 1.58. The minimum atomic E-state index is 0.110. The SMILES string of the molecule is O=C(CSc1cccc2ccccc12)c1ccc(Oc2ccccc2)cc1. The number of carbonyl (C=O) groups excluding carboxylic acids is 1. The number of ether oxygens (including phenoxy) is 1. The lowest BCUT2D eigenvalue weighted by atomic mass is 10.1. The molecule has 0 fully saturated rings. The van der Waals surface area contributed by atoms with Crippen molar-refractivity contribution in [3.63, 3.8) is 0 Å². The first-order valence-corrected chi connectivity index (χ1v) is 9.75. The van der Waals surface area contributed by atoms with Gasteiger partial charge in [0.2, 0.25) is 0 Å². The summed E-state index contributed by atoms with van der Waals surface area (Å²) in [6.07, 6.45) is 0. The Balaban J connectivity index is 1.42. The van der Waals surface area contributed by atoms with E-state index in [9.17, 15) is 4.79 Å². The van der Waals surface area contributed by atoms with E-state index in [2.05, 4.69) is 24.3 Å². The number of fused-ring (bicyclic) bond motifs is 1. The third kappa shape index (κ3) is 4.21. The number of para-hydroxylation sites is 1. The van der Waals surface area contributed by atoms with Gasteiger partial charge in [-0.3, -0.25) is 4.79 Å². The van der Waals surface area contributed by atoms with Gasteiger partial charge >= 0.3 is 0 Å². The normalized spacial score (nSPS) is 10.7. The molecule has 132 valence electrons. The van der Waals surface area contributed by atoms with Gasteiger partial charge in [0, 0.05) is 10.5 Å². The second-order valence-corrected chi connectivity index (χ2v) is 7.15. The molecule has 0 N–H and O–H groups in total. The lowest BCUT2D eigenvalue weighted by Crippen LogP contribution is -2.02. The molecule has 2 nitrogen and oxygen atoms in total. The Labute approximate surface area is 162 Å². The molecule has 0 aromatic heterocycles. The molecule has 0 atom stereocenters. The molecule has 0 heterocycles. The fraction of sp³-hybridized carbons (Fsp3) is 0.0417. The molecule has 4 aromatic rings. The summed E-state index contributed by atoms with van der Waals surface area (Å²) in [6.45, 7) is 0. The highest BCUT2D eigenvalue weighted by Gasteiger charge is 2.09. The molecule has 0 amide bonds. The summed E-state index contributed by atoms with van der Waals surface area (Å²) in [5.74, 6) is 2.02. The Morgan fingerprint density at radius 2 is 1.37 bits per heavy atom. The number of Topliss-reactive ketones (excluding diaryl/α,β-unsaturated/α-hetero) is 1. The molecule has 0 radical (unpaired) electrons. The third-order valence-electron chi connectivity index (χ3n) is 4.26. The van der Waals surface area contributed by atoms with Gasteiger partial charge in [0.05, 0.1) is 5.75 Å². The first-order valence-electron chi connectivity index (χ1n) is 8.76. The van der Waals surface area contributed by atoms with Gasteiger partial charge in [-0.2, -0.15) is 0 Å². The smallest absolute Gasteiger partial charge is 0.173 e. The number of hydrogen-bond donors (Lipinski definition) is 0. The Morgan fingerprint density at radius 1 is 0.704 bits per heavy atom. The van der Waals surface area contributed by atoms with Gasteiger partial charge in [0.15, 0.2) is 5.78 Å². The van der Waals surface area contributed by atoms with Crippen molar-refractivity contribution < 1.29 is 9.53 Å². The highest BCUT2D eigenvalue weighted by Crippen LogP contribution is 2.28. The predicted octanol–water partition coefficient (Wildman–Crippen LogP) is 6.61. The van der Waals surface area contributed by atoms with Crippen molar-refractivity contribution in [2.45, 2.75) is 4.90 Å². The van der Waals surface area contributed by atoms with E-state index in [1.807, 2.05) is 72.8 Å². The summed E-state index contributed by atoms with van der Waals surface area (Å²) in [6, 6.07) is 31.4. The average molecular weight is 370 g/mol. The zero-order valence-electron chi connectivity index (χ0n) is 14.7. The summed E-state index contributed by atoms with van der Waals surface area (Å²) in [4.78, 5) is 13.7. The van der Waals surface area contributed by atoms with Gasteiger partial charge in [-0.05, 0) is 53.2 Å². The highest BCUT2D eigenvalue weighted by molar-refractivity contribution is 8.00. The molecule has 4 rings (SSSR count). The molecule has 0 saturated carbocycles. The maximum absolute atomic E-state index is 12.6. The second kappa shape index (κ2) is 8.11. The van der Waals surface area contributed by atoms with Crippen molar-refractivity contribution in [3.8, 4) is 11.5 Å². The minimum absolute atomic E-state index is 0.110. The largest absolute Gasteiger partial charge is 0.457 e. The molecule has 0 spiro atoms. The number of benzene rings is 4. The summed E-state index contributed by atoms with van der Waals surface area (Å²) in [5, 5.41) is 2.38. The highest BCUT2D eigenvalue weighted by atomic mass is 32.2. The first kappa shape index (κ1) is 17.4. The Hall–Kier alpha value is -3.04. The quantitative estimate of drug-likeness (QED) is 0.282. The number of rotatable bonds is 6. The van der Waals surface area contributed by atoms with Crippen molar-refractivity contribution in [1.82, 2.24) is 0 Å². The van der Waals surface area contributed by atoms with Gasteiger partial charge in [0.25, 0.3) is 0 Å². The average Bonchev–Trinajstić information content (AvgIpc) is 2.73. The van der Waals surface area contributed by atoms with Gasteiger partial charge in [-0.25, -0.2) is 0 Å². The maximum atomic E-state index is 12.6. The molecule has 0 aliphatic heterocycles. The van der Waals surface area contributed by atoms with Gasteiger partial charge in [0.1, 0.15) is 11.5 Å². The molecule has 27 heavy (non-hydrogen) atoms. The fourth-order valence-corrected chi connectivity index (χ4v) is 3.85. The van der Waals surface area contributed by atoms with Crippen LogP contribution in [0, 0.1) is 0 Å². The Kier molecular flexibility index (Phi) is 5.22. The monoisotopic (exact) mass is 370 g/mol. The second-order valence-electron chi connectivity index (χ2n) is 6.13. The standard InChI is InChI=1S/C24H18O2S/c25-23(17-27-24-12-6-8-18-7-4-5-11-22(18)24)19-13-15-21(16-14-19)26-20-9-2-1-3-10-20/h1-16H,17H2. The van der Waals surface area contributed by atoms with E-state index in [1.165, 1.54) is 10.8 Å². The van der Waals surface area contributed by atoms with Crippen molar-refractivity contribution in [1.29, 1.82) is 0 Å². The van der Waals surface area contributed by atoms with E-state index in [-0.39, 0.29) is 5.78 Å². The zero-order valence-corrected chi connectivity index (χ0v) is 15.5. The molecule has 0 unspecified atom stereocenters. The fourth-order valence-electron chi connectivity index (χ4n) is 2.88. The molecular weight excluding hydrogens is 352 g/mol. The van der Waals surface area contributed by atoms with Crippen LogP contribution < -0.4 is 4.74 Å². The van der Waals surface area contributed by atoms with Crippen LogP contribution in [-0.4, -0.2) is 11.5 Å². The van der Waals surface area contributed by atoms with Crippen molar-refractivity contribution in [2.24, 2.45) is 0 Å². The molecular formula is C24H18O2S. The summed E-state index contributed by atoms with van der Waals surface area (Å²) in [5.41, 5.74) is 0.697. The lowest BCUT2D eigenvalue weighted by Gasteiger charge is -2.07. The van der Waals surface area contributed by atoms with Crippen LogP contribution >= 0.6 is 11.8 Å². The van der Waals surface area contributed by atoms with Crippen molar-refractivity contribution in [2.75, 3.05) is 5.75 Å². The molecule has 4 aromatic carbocycles. The molecule has 0 aliphatic carbocycles. The van der Waals surface area contributed by atoms with E-state index in [1.54, 1.807) is 11.8 Å². The van der Waals surface area contributed by atoms with Gasteiger partial charge in [-0.1, -0.05) is 54.6 Å². The van der Waals surface area contributed by atoms with Crippen LogP contribution in [0.25, 0.3) is 10.8 Å². The Morgan fingerprint density at radius 3 is 2.19 bits per heavy atom. The van der Waals surface area contributed by atoms with E-state index in [4.69, 9.17) is 4.74 Å². The zero-order chi connectivity index (χ0) is 18.5. The number of thioether (sulfide) groups is 1. The summed E-state index contributed by atoms with van der Waals surface area (Å²) < 4.78 is 5.77. The maximum Gasteiger partial charge on any atom is 0.173 e. The molecule has 0 aliphatic rings. The van der Waals surface area contributed by atoms with Crippen molar-refractivity contribution >= 4 is 28.3 Å². The number of ketones is 1.